The van der Waals surface area contributed by atoms with Crippen LogP contribution in [0.2, 0.25) is 0 Å². The van der Waals surface area contributed by atoms with Crippen LogP contribution in [-0.2, 0) is 10.0 Å². The molecule has 0 aliphatic rings. The van der Waals surface area contributed by atoms with Crippen LogP contribution < -0.4 is 4.72 Å². The monoisotopic (exact) mass is 307 g/mol. The van der Waals surface area contributed by atoms with Crippen LogP contribution in [0.3, 0.4) is 0 Å². The third-order valence-corrected chi connectivity index (χ3v) is 5.87. The second-order valence-corrected chi connectivity index (χ2v) is 6.67. The van der Waals surface area contributed by atoms with Gasteiger partial charge in [0, 0.05) is 16.9 Å². The second kappa shape index (κ2) is 5.12. The van der Waals surface area contributed by atoms with Gasteiger partial charge in [-0.1, -0.05) is 0 Å². The summed E-state index contributed by atoms with van der Waals surface area (Å²) in [5.74, 6) is 2.41. The van der Waals surface area contributed by atoms with E-state index in [1.165, 1.54) is 11.3 Å². The quantitative estimate of drug-likeness (QED) is 0.867. The number of hydrogen-bond donors (Lipinski definition) is 1. The van der Waals surface area contributed by atoms with Crippen LogP contribution in [0.25, 0.3) is 0 Å². The predicted molar refractivity (Wildman–Crippen MR) is 65.3 cm³/mol. The largest absolute Gasteiger partial charge is 0.251 e. The minimum Gasteiger partial charge on any atom is -0.207 e. The minimum absolute atomic E-state index is 0.256. The SMILES string of the molecule is C#CCC(C)NS(=O)(=O)c1sccc1Br. The molecule has 0 spiro atoms. The molecule has 0 aliphatic heterocycles. The minimum atomic E-state index is -3.44. The fourth-order valence-electron chi connectivity index (χ4n) is 1.01. The van der Waals surface area contributed by atoms with E-state index < -0.39 is 10.0 Å². The highest BCUT2D eigenvalue weighted by Gasteiger charge is 2.20. The molecule has 1 rings (SSSR count). The summed E-state index contributed by atoms with van der Waals surface area (Å²) in [5.41, 5.74) is 0. The molecule has 6 heteroatoms. The smallest absolute Gasteiger partial charge is 0.207 e. The van der Waals surface area contributed by atoms with Crippen LogP contribution in [0.4, 0.5) is 0 Å². The van der Waals surface area contributed by atoms with Gasteiger partial charge in [-0.05, 0) is 34.3 Å². The number of hydrogen-bond acceptors (Lipinski definition) is 3. The third kappa shape index (κ3) is 3.31. The van der Waals surface area contributed by atoms with E-state index in [0.717, 1.165) is 0 Å². The Balaban J connectivity index is 2.87. The molecular weight excluding hydrogens is 298 g/mol. The van der Waals surface area contributed by atoms with Crippen molar-refractivity contribution in [3.05, 3.63) is 15.9 Å². The first kappa shape index (κ1) is 12.7. The highest BCUT2D eigenvalue weighted by atomic mass is 79.9. The van der Waals surface area contributed by atoms with Gasteiger partial charge < -0.3 is 0 Å². The van der Waals surface area contributed by atoms with E-state index in [0.29, 0.717) is 10.9 Å². The van der Waals surface area contributed by atoms with Crippen molar-refractivity contribution in [3.8, 4) is 12.3 Å². The lowest BCUT2D eigenvalue weighted by atomic mass is 10.3. The Morgan fingerprint density at radius 2 is 2.40 bits per heavy atom. The maximum Gasteiger partial charge on any atom is 0.251 e. The Hall–Kier alpha value is -0.350. The van der Waals surface area contributed by atoms with Crippen molar-refractivity contribution in [2.75, 3.05) is 0 Å². The van der Waals surface area contributed by atoms with Gasteiger partial charge in [-0.3, -0.25) is 0 Å². The first-order valence-electron chi connectivity index (χ1n) is 4.16. The first-order chi connectivity index (χ1) is 6.97. The normalized spacial score (nSPS) is 13.4. The van der Waals surface area contributed by atoms with Gasteiger partial charge >= 0.3 is 0 Å². The molecule has 82 valence electrons. The van der Waals surface area contributed by atoms with Gasteiger partial charge in [0.05, 0.1) is 0 Å². The first-order valence-corrected chi connectivity index (χ1v) is 7.31. The summed E-state index contributed by atoms with van der Waals surface area (Å²) in [4.78, 5) is 0. The molecule has 0 aromatic carbocycles. The van der Waals surface area contributed by atoms with E-state index in [1.54, 1.807) is 18.4 Å². The third-order valence-electron chi connectivity index (χ3n) is 1.61. The van der Waals surface area contributed by atoms with Crippen molar-refractivity contribution in [1.29, 1.82) is 0 Å². The zero-order chi connectivity index (χ0) is 11.5. The second-order valence-electron chi connectivity index (χ2n) is 2.99. The summed E-state index contributed by atoms with van der Waals surface area (Å²) < 4.78 is 27.0. The Kier molecular flexibility index (Phi) is 4.34. The number of nitrogens with one attached hydrogen (secondary N) is 1. The summed E-state index contributed by atoms with van der Waals surface area (Å²) in [6.45, 7) is 1.74. The molecule has 1 N–H and O–H groups in total. The Morgan fingerprint density at radius 1 is 1.73 bits per heavy atom. The van der Waals surface area contributed by atoms with Gasteiger partial charge in [0.15, 0.2) is 0 Å². The van der Waals surface area contributed by atoms with Crippen molar-refractivity contribution in [3.63, 3.8) is 0 Å². The fourth-order valence-corrected chi connectivity index (χ4v) is 4.61. The highest BCUT2D eigenvalue weighted by Crippen LogP contribution is 2.27. The Morgan fingerprint density at radius 3 is 2.87 bits per heavy atom. The van der Waals surface area contributed by atoms with E-state index in [1.807, 2.05) is 0 Å². The number of rotatable bonds is 4. The summed E-state index contributed by atoms with van der Waals surface area (Å²) in [6, 6.07) is 1.44. The van der Waals surface area contributed by atoms with E-state index in [-0.39, 0.29) is 10.3 Å². The summed E-state index contributed by atoms with van der Waals surface area (Å²) in [7, 11) is -3.44. The molecule has 0 aliphatic carbocycles. The maximum absolute atomic E-state index is 11.8. The lowest BCUT2D eigenvalue weighted by Crippen LogP contribution is -2.31. The van der Waals surface area contributed by atoms with E-state index in [4.69, 9.17) is 6.42 Å². The van der Waals surface area contributed by atoms with E-state index in [9.17, 15) is 8.42 Å². The maximum atomic E-state index is 11.8. The standard InChI is InChI=1S/C9H10BrNO2S2/c1-3-4-7(2)11-15(12,13)9-8(10)5-6-14-9/h1,5-7,11H,4H2,2H3. The number of thiophene rings is 1. The van der Waals surface area contributed by atoms with Gasteiger partial charge in [-0.2, -0.15) is 0 Å². The summed E-state index contributed by atoms with van der Waals surface area (Å²) in [5, 5.41) is 1.71. The molecule has 0 radical (unpaired) electrons. The Labute approximate surface area is 102 Å². The van der Waals surface area contributed by atoms with Crippen molar-refractivity contribution in [1.82, 2.24) is 4.72 Å². The average Bonchev–Trinajstić information content (AvgIpc) is 2.51. The molecule has 0 bridgehead atoms. The van der Waals surface area contributed by atoms with Crippen LogP contribution in [0.15, 0.2) is 20.1 Å². The topological polar surface area (TPSA) is 46.2 Å². The number of halogens is 1. The number of sulfonamides is 1. The molecular formula is C9H10BrNO2S2. The lowest BCUT2D eigenvalue weighted by molar-refractivity contribution is 0.565. The molecule has 0 amide bonds. The summed E-state index contributed by atoms with van der Waals surface area (Å²) >= 11 is 4.35. The van der Waals surface area contributed by atoms with Crippen molar-refractivity contribution in [2.24, 2.45) is 0 Å². The fraction of sp³-hybridized carbons (Fsp3) is 0.333. The highest BCUT2D eigenvalue weighted by molar-refractivity contribution is 9.10. The molecule has 0 saturated heterocycles. The van der Waals surface area contributed by atoms with Gasteiger partial charge in [0.2, 0.25) is 0 Å². The van der Waals surface area contributed by atoms with E-state index >= 15 is 0 Å². The van der Waals surface area contributed by atoms with Crippen molar-refractivity contribution >= 4 is 37.3 Å². The molecule has 0 saturated carbocycles. The molecule has 0 fully saturated rings. The zero-order valence-corrected chi connectivity index (χ0v) is 11.2. The molecule has 1 unspecified atom stereocenters. The zero-order valence-electron chi connectivity index (χ0n) is 8.03. The predicted octanol–water partition coefficient (Wildman–Crippen LogP) is 2.20. The summed E-state index contributed by atoms with van der Waals surface area (Å²) in [6.07, 6.45) is 5.48. The molecule has 1 aromatic rings. The average molecular weight is 308 g/mol. The Bertz CT molecular complexity index is 473. The van der Waals surface area contributed by atoms with E-state index in [2.05, 4.69) is 26.6 Å². The molecule has 1 aromatic heterocycles. The van der Waals surface area contributed by atoms with Crippen LogP contribution in [-0.4, -0.2) is 14.5 Å². The van der Waals surface area contributed by atoms with Crippen LogP contribution in [0.1, 0.15) is 13.3 Å². The molecule has 3 nitrogen and oxygen atoms in total. The van der Waals surface area contributed by atoms with Crippen LogP contribution in [0, 0.1) is 12.3 Å². The van der Waals surface area contributed by atoms with Crippen LogP contribution >= 0.6 is 27.3 Å². The van der Waals surface area contributed by atoms with Crippen molar-refractivity contribution in [2.45, 2.75) is 23.6 Å². The molecule has 1 heterocycles. The molecule has 15 heavy (non-hydrogen) atoms. The number of terminal acetylenes is 1. The van der Waals surface area contributed by atoms with Crippen LogP contribution in [0.5, 0.6) is 0 Å². The van der Waals surface area contributed by atoms with Gasteiger partial charge in [-0.15, -0.1) is 23.7 Å². The van der Waals surface area contributed by atoms with Gasteiger partial charge in [0.1, 0.15) is 4.21 Å². The van der Waals surface area contributed by atoms with Gasteiger partial charge in [0.25, 0.3) is 10.0 Å². The van der Waals surface area contributed by atoms with Crippen molar-refractivity contribution < 1.29 is 8.42 Å². The lowest BCUT2D eigenvalue weighted by Gasteiger charge is -2.10. The molecule has 1 atom stereocenters. The van der Waals surface area contributed by atoms with Gasteiger partial charge in [-0.25, -0.2) is 13.1 Å².